The summed E-state index contributed by atoms with van der Waals surface area (Å²) in [4.78, 5) is 0. The lowest BCUT2D eigenvalue weighted by molar-refractivity contribution is -0.274. The van der Waals surface area contributed by atoms with E-state index in [-0.39, 0.29) is 18.0 Å². The van der Waals surface area contributed by atoms with Crippen molar-refractivity contribution in [2.75, 3.05) is 26.4 Å². The van der Waals surface area contributed by atoms with Crippen LogP contribution in [0.1, 0.15) is 31.6 Å². The Morgan fingerprint density at radius 2 is 1.61 bits per heavy atom. The Hall–Kier alpha value is -1.61. The molecule has 0 aliphatic carbocycles. The first-order chi connectivity index (χ1) is 13.4. The van der Waals surface area contributed by atoms with Crippen LogP contribution in [0.25, 0.3) is 0 Å². The van der Waals surface area contributed by atoms with Crippen molar-refractivity contribution in [2.24, 2.45) is 11.8 Å². The van der Waals surface area contributed by atoms with Gasteiger partial charge in [0.1, 0.15) is 5.75 Å². The SMILES string of the molecule is CC=CC1COC(CCC2COC(c3ccc(OC(F)(F)F)cc3)OC2)OC1. The van der Waals surface area contributed by atoms with Gasteiger partial charge in [-0.1, -0.05) is 24.3 Å². The van der Waals surface area contributed by atoms with E-state index in [4.69, 9.17) is 18.9 Å². The van der Waals surface area contributed by atoms with E-state index in [2.05, 4.69) is 10.8 Å². The van der Waals surface area contributed by atoms with Gasteiger partial charge in [0.15, 0.2) is 12.6 Å². The van der Waals surface area contributed by atoms with Gasteiger partial charge in [-0.3, -0.25) is 0 Å². The lowest BCUT2D eigenvalue weighted by Gasteiger charge is -2.32. The average molecular weight is 402 g/mol. The number of hydrogen-bond acceptors (Lipinski definition) is 5. The molecule has 0 radical (unpaired) electrons. The van der Waals surface area contributed by atoms with Crippen LogP contribution in [0.3, 0.4) is 0 Å². The van der Waals surface area contributed by atoms with Gasteiger partial charge < -0.3 is 23.7 Å². The third kappa shape index (κ3) is 6.48. The van der Waals surface area contributed by atoms with Crippen molar-refractivity contribution in [1.82, 2.24) is 0 Å². The Morgan fingerprint density at radius 1 is 0.964 bits per heavy atom. The molecule has 2 heterocycles. The molecule has 2 fully saturated rings. The van der Waals surface area contributed by atoms with Gasteiger partial charge >= 0.3 is 6.36 Å². The Bertz CT molecular complexity index is 616. The van der Waals surface area contributed by atoms with Crippen LogP contribution in [0.5, 0.6) is 5.75 Å². The van der Waals surface area contributed by atoms with Crippen molar-refractivity contribution in [1.29, 1.82) is 0 Å². The molecular weight excluding hydrogens is 377 g/mol. The van der Waals surface area contributed by atoms with Gasteiger partial charge in [0.05, 0.1) is 26.4 Å². The van der Waals surface area contributed by atoms with E-state index >= 15 is 0 Å². The lowest BCUT2D eigenvalue weighted by Crippen LogP contribution is -2.33. The molecule has 28 heavy (non-hydrogen) atoms. The number of ether oxygens (including phenoxy) is 5. The number of halogens is 3. The fourth-order valence-electron chi connectivity index (χ4n) is 3.21. The first kappa shape index (κ1) is 21.1. The second kappa shape index (κ2) is 9.73. The molecule has 0 N–H and O–H groups in total. The van der Waals surface area contributed by atoms with E-state index in [9.17, 15) is 13.2 Å². The fraction of sp³-hybridized carbons (Fsp3) is 0.600. The summed E-state index contributed by atoms with van der Waals surface area (Å²) in [6, 6.07) is 5.52. The number of benzene rings is 1. The van der Waals surface area contributed by atoms with Crippen molar-refractivity contribution in [2.45, 2.75) is 38.7 Å². The predicted molar refractivity (Wildman–Crippen MR) is 94.5 cm³/mol. The van der Waals surface area contributed by atoms with E-state index in [0.717, 1.165) is 12.8 Å². The molecule has 0 aromatic heterocycles. The summed E-state index contributed by atoms with van der Waals surface area (Å²) >= 11 is 0. The van der Waals surface area contributed by atoms with Crippen LogP contribution in [0, 0.1) is 11.8 Å². The maximum atomic E-state index is 12.2. The van der Waals surface area contributed by atoms with E-state index in [1.165, 1.54) is 24.3 Å². The Labute approximate surface area is 162 Å². The summed E-state index contributed by atoms with van der Waals surface area (Å²) < 4.78 is 63.4. The number of rotatable bonds is 6. The average Bonchev–Trinajstić information content (AvgIpc) is 2.68. The lowest BCUT2D eigenvalue weighted by atomic mass is 10.0. The molecule has 0 unspecified atom stereocenters. The summed E-state index contributed by atoms with van der Waals surface area (Å²) in [5.41, 5.74) is 0.655. The highest BCUT2D eigenvalue weighted by atomic mass is 19.4. The minimum absolute atomic E-state index is 0.194. The number of allylic oxidation sites excluding steroid dienone is 1. The van der Waals surface area contributed by atoms with E-state index in [1.807, 2.05) is 13.0 Å². The van der Waals surface area contributed by atoms with Crippen molar-refractivity contribution in [3.05, 3.63) is 42.0 Å². The summed E-state index contributed by atoms with van der Waals surface area (Å²) in [7, 11) is 0. The highest BCUT2D eigenvalue weighted by Gasteiger charge is 2.31. The second-order valence-corrected chi connectivity index (χ2v) is 6.94. The molecule has 0 saturated carbocycles. The third-order valence-corrected chi connectivity index (χ3v) is 4.62. The molecular formula is C20H25F3O5. The summed E-state index contributed by atoms with van der Waals surface area (Å²) in [5.74, 6) is 0.273. The monoisotopic (exact) mass is 402 g/mol. The second-order valence-electron chi connectivity index (χ2n) is 6.94. The maximum Gasteiger partial charge on any atom is 0.573 e. The zero-order valence-corrected chi connectivity index (χ0v) is 15.7. The Balaban J connectivity index is 1.38. The normalized spacial score (nSPS) is 29.1. The first-order valence-corrected chi connectivity index (χ1v) is 9.38. The van der Waals surface area contributed by atoms with Crippen LogP contribution in [0.2, 0.25) is 0 Å². The molecule has 2 saturated heterocycles. The van der Waals surface area contributed by atoms with Crippen LogP contribution in [0.15, 0.2) is 36.4 Å². The Kier molecular flexibility index (Phi) is 7.34. The minimum atomic E-state index is -4.70. The first-order valence-electron chi connectivity index (χ1n) is 9.38. The van der Waals surface area contributed by atoms with E-state index in [0.29, 0.717) is 37.9 Å². The maximum absolute atomic E-state index is 12.2. The number of hydrogen-bond donors (Lipinski definition) is 0. The third-order valence-electron chi connectivity index (χ3n) is 4.62. The summed E-state index contributed by atoms with van der Waals surface area (Å²) in [5, 5.41) is 0. The number of alkyl halides is 3. The zero-order valence-electron chi connectivity index (χ0n) is 15.7. The molecule has 0 bridgehead atoms. The molecule has 0 atom stereocenters. The van der Waals surface area contributed by atoms with Crippen LogP contribution >= 0.6 is 0 Å². The fourth-order valence-corrected chi connectivity index (χ4v) is 3.21. The van der Waals surface area contributed by atoms with Gasteiger partial charge in [0.2, 0.25) is 0 Å². The molecule has 2 aliphatic rings. The topological polar surface area (TPSA) is 46.2 Å². The van der Waals surface area contributed by atoms with Crippen molar-refractivity contribution < 1.29 is 36.9 Å². The summed E-state index contributed by atoms with van der Waals surface area (Å²) in [6.07, 6.45) is 0.229. The highest BCUT2D eigenvalue weighted by Crippen LogP contribution is 2.30. The molecule has 3 rings (SSSR count). The van der Waals surface area contributed by atoms with Gasteiger partial charge in [-0.2, -0.15) is 0 Å². The molecule has 0 spiro atoms. The van der Waals surface area contributed by atoms with Gasteiger partial charge in [0.25, 0.3) is 0 Å². The van der Waals surface area contributed by atoms with Gasteiger partial charge in [0, 0.05) is 17.4 Å². The highest BCUT2D eigenvalue weighted by molar-refractivity contribution is 5.28. The minimum Gasteiger partial charge on any atom is -0.406 e. The largest absolute Gasteiger partial charge is 0.573 e. The zero-order chi connectivity index (χ0) is 20.0. The molecule has 1 aromatic carbocycles. The predicted octanol–water partition coefficient (Wildman–Crippen LogP) is 4.59. The van der Waals surface area contributed by atoms with Crippen molar-refractivity contribution in [3.63, 3.8) is 0 Å². The van der Waals surface area contributed by atoms with Gasteiger partial charge in [-0.05, 0) is 31.9 Å². The van der Waals surface area contributed by atoms with Crippen LogP contribution in [-0.2, 0) is 18.9 Å². The molecule has 2 aliphatic heterocycles. The van der Waals surface area contributed by atoms with Gasteiger partial charge in [-0.15, -0.1) is 13.2 Å². The molecule has 1 aromatic rings. The Morgan fingerprint density at radius 3 is 2.18 bits per heavy atom. The van der Waals surface area contributed by atoms with Crippen molar-refractivity contribution >= 4 is 0 Å². The molecule has 0 amide bonds. The van der Waals surface area contributed by atoms with Crippen LogP contribution < -0.4 is 4.74 Å². The molecule has 156 valence electrons. The van der Waals surface area contributed by atoms with Crippen LogP contribution in [0.4, 0.5) is 13.2 Å². The van der Waals surface area contributed by atoms with E-state index in [1.54, 1.807) is 0 Å². The quantitative estimate of drug-likeness (QED) is 0.652. The van der Waals surface area contributed by atoms with Gasteiger partial charge in [-0.25, -0.2) is 0 Å². The summed E-state index contributed by atoms with van der Waals surface area (Å²) in [6.45, 7) is 4.34. The standard InChI is InChI=1S/C20H25F3O5/c1-2-3-14-10-24-18(25-11-14)9-4-15-12-26-19(27-13-15)16-5-7-17(8-6-16)28-20(21,22)23/h2-3,5-8,14-15,18-19H,4,9-13H2,1H3. The van der Waals surface area contributed by atoms with Crippen molar-refractivity contribution in [3.8, 4) is 5.75 Å². The van der Waals surface area contributed by atoms with E-state index < -0.39 is 12.7 Å². The molecule has 5 nitrogen and oxygen atoms in total. The smallest absolute Gasteiger partial charge is 0.406 e. The van der Waals surface area contributed by atoms with Crippen LogP contribution in [-0.4, -0.2) is 39.1 Å². The molecule has 8 heteroatoms.